The van der Waals surface area contributed by atoms with E-state index in [0.717, 1.165) is 35.4 Å². The minimum absolute atomic E-state index is 0.312. The average Bonchev–Trinajstić information content (AvgIpc) is 2.93. The molecule has 0 saturated heterocycles. The van der Waals surface area contributed by atoms with Gasteiger partial charge in [0.25, 0.3) is 6.17 Å². The van der Waals surface area contributed by atoms with Gasteiger partial charge in [0.05, 0.1) is 0 Å². The summed E-state index contributed by atoms with van der Waals surface area (Å²) in [4.78, 5) is 0. The average molecular weight is 571 g/mol. The lowest BCUT2D eigenvalue weighted by Gasteiger charge is -2.38. The van der Waals surface area contributed by atoms with Crippen LogP contribution in [0.3, 0.4) is 0 Å². The third kappa shape index (κ3) is 7.15. The molecular weight excluding hydrogens is 530 g/mol. The van der Waals surface area contributed by atoms with E-state index >= 15 is 0 Å². The van der Waals surface area contributed by atoms with Gasteiger partial charge < -0.3 is 0 Å². The highest BCUT2D eigenvalue weighted by Crippen LogP contribution is 2.45. The fraction of sp³-hybridized carbons (Fsp3) is 0.600. The van der Waals surface area contributed by atoms with E-state index in [-0.39, 0.29) is 0 Å². The number of rotatable bonds is 9. The number of benzene rings is 2. The van der Waals surface area contributed by atoms with Crippen molar-refractivity contribution in [2.45, 2.75) is 94.6 Å². The molecule has 2 aromatic rings. The Morgan fingerprint density at radius 2 is 1.21 bits per heavy atom. The summed E-state index contributed by atoms with van der Waals surface area (Å²) in [7, 11) is 0.658. The summed E-state index contributed by atoms with van der Waals surface area (Å²) in [5, 5.41) is 0. The molecule has 2 aliphatic rings. The molecule has 210 valence electrons. The van der Waals surface area contributed by atoms with Crippen LogP contribution in [-0.2, 0) is 5.92 Å². The lowest BCUT2D eigenvalue weighted by molar-refractivity contribution is -0.248. The van der Waals surface area contributed by atoms with Crippen LogP contribution in [0.25, 0.3) is 11.1 Å². The van der Waals surface area contributed by atoms with Crippen LogP contribution < -0.4 is 0 Å². The zero-order valence-corrected chi connectivity index (χ0v) is 25.1. The molecule has 2 aromatic carbocycles. The van der Waals surface area contributed by atoms with E-state index in [2.05, 4.69) is 19.1 Å². The zero-order chi connectivity index (χ0) is 27.3. The Hall–Kier alpha value is -1.55. The van der Waals surface area contributed by atoms with Crippen LogP contribution in [0.1, 0.15) is 75.3 Å². The summed E-state index contributed by atoms with van der Waals surface area (Å²) < 4.78 is 78.7. The maximum Gasteiger partial charge on any atom is 0.426 e. The minimum Gasteiger partial charge on any atom is -0.230 e. The number of alkyl halides is 6. The normalized spacial score (nSPS) is 26.4. The van der Waals surface area contributed by atoms with Crippen molar-refractivity contribution in [3.8, 4) is 11.1 Å². The summed E-state index contributed by atoms with van der Waals surface area (Å²) in [5.74, 6) is -1.27. The van der Waals surface area contributed by atoms with Gasteiger partial charge in [0.2, 0.25) is 0 Å². The largest absolute Gasteiger partial charge is 0.426 e. The van der Waals surface area contributed by atoms with E-state index in [0.29, 0.717) is 29.6 Å². The van der Waals surface area contributed by atoms with E-state index in [1.807, 2.05) is 12.1 Å². The topological polar surface area (TPSA) is 0 Å². The van der Waals surface area contributed by atoms with E-state index in [1.54, 1.807) is 6.04 Å². The molecule has 0 spiro atoms. The fourth-order valence-electron chi connectivity index (χ4n) is 6.74. The molecule has 1 unspecified atom stereocenters. The lowest BCUT2D eigenvalue weighted by Crippen LogP contribution is -2.39. The van der Waals surface area contributed by atoms with Gasteiger partial charge in [-0.3, -0.25) is 0 Å². The van der Waals surface area contributed by atoms with Crippen molar-refractivity contribution in [1.29, 1.82) is 0 Å². The van der Waals surface area contributed by atoms with Crippen LogP contribution in [0.4, 0.5) is 26.3 Å². The second kappa shape index (κ2) is 12.7. The molecule has 0 aliphatic heterocycles. The Bertz CT molecular complexity index is 989. The summed E-state index contributed by atoms with van der Waals surface area (Å²) >= 11 is 0. The van der Waals surface area contributed by atoms with Gasteiger partial charge in [0.1, 0.15) is 0 Å². The smallest absolute Gasteiger partial charge is 0.230 e. The highest BCUT2D eigenvalue weighted by Gasteiger charge is 2.57. The van der Waals surface area contributed by atoms with Crippen molar-refractivity contribution in [3.63, 3.8) is 0 Å². The van der Waals surface area contributed by atoms with E-state index in [1.165, 1.54) is 75.1 Å². The molecule has 2 aliphatic carbocycles. The van der Waals surface area contributed by atoms with Crippen molar-refractivity contribution < 1.29 is 26.3 Å². The van der Waals surface area contributed by atoms with Crippen molar-refractivity contribution >= 4 is 18.1 Å². The van der Waals surface area contributed by atoms with Crippen LogP contribution in [-0.4, -0.2) is 30.4 Å². The summed E-state index contributed by atoms with van der Waals surface area (Å²) in [5.41, 5.74) is 1.71. The fourth-order valence-corrected chi connectivity index (χ4v) is 12.8. The summed E-state index contributed by atoms with van der Waals surface area (Å²) in [6.07, 6.45) is 0.937. The monoisotopic (exact) mass is 570 g/mol. The van der Waals surface area contributed by atoms with Crippen LogP contribution in [0.5, 0.6) is 0 Å². The zero-order valence-electron chi connectivity index (χ0n) is 22.3. The van der Waals surface area contributed by atoms with E-state index in [9.17, 15) is 26.3 Å². The van der Waals surface area contributed by atoms with Crippen LogP contribution in [0.2, 0.25) is 12.1 Å². The minimum atomic E-state index is -5.62. The van der Waals surface area contributed by atoms with Gasteiger partial charge in [-0.15, -0.1) is 0 Å². The third-order valence-corrected chi connectivity index (χ3v) is 16.4. The Morgan fingerprint density at radius 1 is 0.711 bits per heavy atom. The second-order valence-corrected chi connectivity index (χ2v) is 18.8. The van der Waals surface area contributed by atoms with Gasteiger partial charge in [-0.2, -0.15) is 22.0 Å². The molecule has 2 saturated carbocycles. The molecule has 0 heterocycles. The molecule has 0 N–H and O–H groups in total. The van der Waals surface area contributed by atoms with Gasteiger partial charge >= 0.3 is 12.1 Å². The number of hydrogen-bond acceptors (Lipinski definition) is 0. The standard InChI is InChI=1S/C30H40F6Si2/c1-2-37-38-19-20-3-5-21(6-4-20)22-7-9-23(10-8-22)24-11-13-25(14-12-24)26-15-17-27(18-16-26)29(32,33)28(31)30(34,35)36/h11-18,20-23,28H,2-10,19,37-38H2,1H3. The van der Waals surface area contributed by atoms with E-state index < -0.39 is 23.8 Å². The quantitative estimate of drug-likeness (QED) is 0.161. The summed E-state index contributed by atoms with van der Waals surface area (Å²) in [6.45, 7) is 2.36. The highest BCUT2D eigenvalue weighted by atomic mass is 29.1. The SMILES string of the molecule is CC[SiH2][SiH2]CC1CCC(C2CCC(c3ccc(-c4ccc(C(F)(F)C(F)C(F)(F)F)cc4)cc3)CC2)CC1. The predicted molar refractivity (Wildman–Crippen MR) is 149 cm³/mol. The molecule has 0 aromatic heterocycles. The number of hydrogen-bond donors (Lipinski definition) is 0. The van der Waals surface area contributed by atoms with Crippen LogP contribution in [0.15, 0.2) is 48.5 Å². The molecule has 0 nitrogen and oxygen atoms in total. The first kappa shape index (κ1) is 29.4. The van der Waals surface area contributed by atoms with E-state index in [4.69, 9.17) is 0 Å². The molecule has 0 radical (unpaired) electrons. The molecule has 4 rings (SSSR count). The van der Waals surface area contributed by atoms with Gasteiger partial charge in [-0.05, 0) is 78.9 Å². The molecule has 0 amide bonds. The first-order valence-electron chi connectivity index (χ1n) is 14.4. The maximum atomic E-state index is 14.0. The molecule has 38 heavy (non-hydrogen) atoms. The summed E-state index contributed by atoms with van der Waals surface area (Å²) in [6, 6.07) is 15.6. The second-order valence-electron chi connectivity index (χ2n) is 11.6. The van der Waals surface area contributed by atoms with Gasteiger partial charge in [-0.1, -0.05) is 80.4 Å². The molecule has 0 bridgehead atoms. The first-order valence-corrected chi connectivity index (χ1v) is 20.4. The molecule has 2 fully saturated rings. The molecule has 1 atom stereocenters. The Labute approximate surface area is 227 Å². The van der Waals surface area contributed by atoms with Gasteiger partial charge in [0, 0.05) is 23.6 Å². The van der Waals surface area contributed by atoms with Gasteiger partial charge in [0.15, 0.2) is 0 Å². The van der Waals surface area contributed by atoms with Crippen molar-refractivity contribution in [3.05, 3.63) is 59.7 Å². The van der Waals surface area contributed by atoms with Crippen LogP contribution >= 0.6 is 0 Å². The Kier molecular flexibility index (Phi) is 9.88. The first-order chi connectivity index (χ1) is 18.1. The lowest BCUT2D eigenvalue weighted by atomic mass is 9.68. The van der Waals surface area contributed by atoms with Gasteiger partial charge in [-0.25, -0.2) is 4.39 Å². The predicted octanol–water partition coefficient (Wildman–Crippen LogP) is 8.54. The Morgan fingerprint density at radius 3 is 1.71 bits per heavy atom. The van der Waals surface area contributed by atoms with Crippen LogP contribution in [0, 0.1) is 17.8 Å². The van der Waals surface area contributed by atoms with Crippen molar-refractivity contribution in [2.24, 2.45) is 17.8 Å². The molecule has 8 heteroatoms. The number of halogens is 6. The van der Waals surface area contributed by atoms with Crippen molar-refractivity contribution in [1.82, 2.24) is 0 Å². The molecular formula is C30H40F6Si2. The third-order valence-electron chi connectivity index (χ3n) is 9.14. The maximum absolute atomic E-state index is 14.0. The Balaban J connectivity index is 1.28. The highest BCUT2D eigenvalue weighted by molar-refractivity contribution is 7.00. The van der Waals surface area contributed by atoms with Crippen molar-refractivity contribution in [2.75, 3.05) is 0 Å².